The maximum Gasteiger partial charge on any atom is 0.326 e. The molecule has 0 bridgehead atoms. The zero-order valence-electron chi connectivity index (χ0n) is 17.2. The third-order valence-corrected chi connectivity index (χ3v) is 4.06. The van der Waals surface area contributed by atoms with E-state index in [-0.39, 0.29) is 12.8 Å². The lowest BCUT2D eigenvalue weighted by Crippen LogP contribution is -2.56. The van der Waals surface area contributed by atoms with Crippen LogP contribution in [-0.4, -0.2) is 81.0 Å². The topological polar surface area (TPSA) is 268 Å². The minimum absolute atomic E-state index is 0.145. The van der Waals surface area contributed by atoms with Crippen LogP contribution in [0.25, 0.3) is 0 Å². The Morgan fingerprint density at radius 1 is 0.750 bits per heavy atom. The van der Waals surface area contributed by atoms with E-state index in [0.717, 1.165) is 0 Å². The van der Waals surface area contributed by atoms with Crippen LogP contribution in [0.1, 0.15) is 39.0 Å². The van der Waals surface area contributed by atoms with Crippen LogP contribution in [0.4, 0.5) is 0 Å². The summed E-state index contributed by atoms with van der Waals surface area (Å²) in [5.74, 6) is -7.89. The molecular weight excluding hydrogens is 434 g/mol. The van der Waals surface area contributed by atoms with E-state index in [2.05, 4.69) is 16.0 Å². The average molecular weight is 461 g/mol. The molecule has 15 heteroatoms. The summed E-state index contributed by atoms with van der Waals surface area (Å²) in [6.07, 6.45) is -2.15. The summed E-state index contributed by atoms with van der Waals surface area (Å²) in [7, 11) is 0. The largest absolute Gasteiger partial charge is 0.481 e. The fourth-order valence-corrected chi connectivity index (χ4v) is 2.29. The lowest BCUT2D eigenvalue weighted by molar-refractivity contribution is -0.144. The van der Waals surface area contributed by atoms with Crippen molar-refractivity contribution in [1.29, 1.82) is 0 Å². The molecule has 0 spiro atoms. The van der Waals surface area contributed by atoms with Gasteiger partial charge < -0.3 is 42.7 Å². The summed E-state index contributed by atoms with van der Waals surface area (Å²) in [5, 5.41) is 33.0. The van der Waals surface area contributed by atoms with Crippen LogP contribution in [0.3, 0.4) is 0 Å². The monoisotopic (exact) mass is 461 g/mol. The van der Waals surface area contributed by atoms with Crippen molar-refractivity contribution in [3.8, 4) is 0 Å². The van der Waals surface area contributed by atoms with Crippen LogP contribution < -0.4 is 27.4 Å². The van der Waals surface area contributed by atoms with Gasteiger partial charge in [-0.25, -0.2) is 4.79 Å². The second-order valence-corrected chi connectivity index (χ2v) is 6.83. The summed E-state index contributed by atoms with van der Waals surface area (Å²) in [6.45, 7) is 1.17. The van der Waals surface area contributed by atoms with Gasteiger partial charge in [-0.1, -0.05) is 0 Å². The van der Waals surface area contributed by atoms with Gasteiger partial charge in [-0.15, -0.1) is 0 Å². The van der Waals surface area contributed by atoms with Crippen molar-refractivity contribution in [3.05, 3.63) is 0 Å². The summed E-state index contributed by atoms with van der Waals surface area (Å²) in [4.78, 5) is 80.1. The van der Waals surface area contributed by atoms with E-state index in [0.29, 0.717) is 0 Å². The summed E-state index contributed by atoms with van der Waals surface area (Å²) >= 11 is 0. The normalized spacial score (nSPS) is 14.2. The molecule has 4 amide bonds. The first-order chi connectivity index (χ1) is 14.7. The molecule has 0 rings (SSSR count). The Balaban J connectivity index is 5.07. The number of nitrogens with two attached hydrogens (primary N) is 2. The molecule has 4 unspecified atom stereocenters. The van der Waals surface area contributed by atoms with Crippen molar-refractivity contribution >= 4 is 41.5 Å². The number of carbonyl (C=O) groups is 7. The number of carbonyl (C=O) groups excluding carboxylic acids is 4. The molecule has 0 aromatic heterocycles. The van der Waals surface area contributed by atoms with E-state index < -0.39 is 85.0 Å². The molecular formula is C17H27N5O10. The number of hydrogen-bond donors (Lipinski definition) is 8. The highest BCUT2D eigenvalue weighted by Crippen LogP contribution is 2.01. The van der Waals surface area contributed by atoms with E-state index in [1.54, 1.807) is 0 Å². The molecule has 0 fully saturated rings. The SMILES string of the molecule is CC(NC(=O)C(CC(=O)O)NC(=O)C(N)CCC(N)=O)C(=O)NC(CCC(=O)O)C(=O)O. The first-order valence-electron chi connectivity index (χ1n) is 9.36. The number of aliphatic carboxylic acids is 3. The van der Waals surface area contributed by atoms with Crippen LogP contribution in [-0.2, 0) is 33.6 Å². The first kappa shape index (κ1) is 28.2. The minimum atomic E-state index is -1.63. The highest BCUT2D eigenvalue weighted by Gasteiger charge is 2.29. The van der Waals surface area contributed by atoms with Gasteiger partial charge in [-0.2, -0.15) is 0 Å². The standard InChI is InChI=1S/C17H27N5O10/c1-7(14(28)21-9(17(31)32)3-5-12(24)25)20-16(30)10(6-13(26)27)22-15(29)8(18)2-4-11(19)23/h7-10H,2-6,18H2,1H3,(H2,19,23)(H,20,30)(H,21,28)(H,22,29)(H,24,25)(H,26,27)(H,31,32). The number of carboxylic acids is 3. The van der Waals surface area contributed by atoms with Crippen molar-refractivity contribution < 1.29 is 48.9 Å². The van der Waals surface area contributed by atoms with Gasteiger partial charge in [0.2, 0.25) is 23.6 Å². The average Bonchev–Trinajstić information content (AvgIpc) is 2.67. The fraction of sp³-hybridized carbons (Fsp3) is 0.588. The van der Waals surface area contributed by atoms with Crippen LogP contribution in [0.2, 0.25) is 0 Å². The Hall–Kier alpha value is -3.75. The Kier molecular flexibility index (Phi) is 11.9. The van der Waals surface area contributed by atoms with Crippen molar-refractivity contribution in [1.82, 2.24) is 16.0 Å². The van der Waals surface area contributed by atoms with Gasteiger partial charge in [-0.3, -0.25) is 28.8 Å². The maximum absolute atomic E-state index is 12.4. The van der Waals surface area contributed by atoms with Crippen molar-refractivity contribution in [2.24, 2.45) is 11.5 Å². The molecule has 0 aromatic carbocycles. The quantitative estimate of drug-likeness (QED) is 0.118. The molecule has 15 nitrogen and oxygen atoms in total. The smallest absolute Gasteiger partial charge is 0.326 e. The zero-order valence-corrected chi connectivity index (χ0v) is 17.2. The van der Waals surface area contributed by atoms with Crippen LogP contribution in [0.5, 0.6) is 0 Å². The van der Waals surface area contributed by atoms with Crippen LogP contribution in [0.15, 0.2) is 0 Å². The Morgan fingerprint density at radius 2 is 1.31 bits per heavy atom. The minimum Gasteiger partial charge on any atom is -0.481 e. The van der Waals surface area contributed by atoms with Crippen molar-refractivity contribution in [3.63, 3.8) is 0 Å². The van der Waals surface area contributed by atoms with E-state index in [1.165, 1.54) is 6.92 Å². The van der Waals surface area contributed by atoms with E-state index >= 15 is 0 Å². The number of amides is 4. The van der Waals surface area contributed by atoms with Crippen LogP contribution in [0, 0.1) is 0 Å². The van der Waals surface area contributed by atoms with Crippen LogP contribution >= 0.6 is 0 Å². The van der Waals surface area contributed by atoms with Gasteiger partial charge in [0.05, 0.1) is 12.5 Å². The highest BCUT2D eigenvalue weighted by molar-refractivity contribution is 5.95. The number of rotatable bonds is 15. The number of hydrogen-bond acceptors (Lipinski definition) is 8. The van der Waals surface area contributed by atoms with Gasteiger partial charge in [0.1, 0.15) is 18.1 Å². The first-order valence-corrected chi connectivity index (χ1v) is 9.36. The lowest BCUT2D eigenvalue weighted by Gasteiger charge is -2.22. The Labute approximate surface area is 181 Å². The van der Waals surface area contributed by atoms with Crippen molar-refractivity contribution in [2.45, 2.75) is 63.2 Å². The molecule has 180 valence electrons. The molecule has 0 aliphatic carbocycles. The second kappa shape index (κ2) is 13.5. The maximum atomic E-state index is 12.4. The Bertz CT molecular complexity index is 756. The third kappa shape index (κ3) is 11.4. The molecule has 0 aromatic rings. The predicted molar refractivity (Wildman–Crippen MR) is 105 cm³/mol. The van der Waals surface area contributed by atoms with Gasteiger partial charge in [0.25, 0.3) is 0 Å². The summed E-state index contributed by atoms with van der Waals surface area (Å²) < 4.78 is 0. The molecule has 4 atom stereocenters. The summed E-state index contributed by atoms with van der Waals surface area (Å²) in [6, 6.07) is -5.77. The van der Waals surface area contributed by atoms with Gasteiger partial charge in [0, 0.05) is 12.8 Å². The third-order valence-electron chi connectivity index (χ3n) is 4.06. The molecule has 0 aliphatic rings. The molecule has 0 aliphatic heterocycles. The van der Waals surface area contributed by atoms with E-state index in [4.69, 9.17) is 26.8 Å². The van der Waals surface area contributed by atoms with E-state index in [9.17, 15) is 33.6 Å². The molecule has 10 N–H and O–H groups in total. The highest BCUT2D eigenvalue weighted by atomic mass is 16.4. The Morgan fingerprint density at radius 3 is 1.78 bits per heavy atom. The molecule has 0 saturated heterocycles. The zero-order chi connectivity index (χ0) is 25.0. The van der Waals surface area contributed by atoms with Gasteiger partial charge in [-0.05, 0) is 19.8 Å². The van der Waals surface area contributed by atoms with Crippen molar-refractivity contribution in [2.75, 3.05) is 0 Å². The van der Waals surface area contributed by atoms with Gasteiger partial charge in [0.15, 0.2) is 0 Å². The molecule has 32 heavy (non-hydrogen) atoms. The van der Waals surface area contributed by atoms with Gasteiger partial charge >= 0.3 is 17.9 Å². The summed E-state index contributed by atoms with van der Waals surface area (Å²) in [5.41, 5.74) is 10.5. The number of carboxylic acid groups (broad SMARTS) is 3. The number of primary amides is 1. The van der Waals surface area contributed by atoms with E-state index in [1.807, 2.05) is 0 Å². The number of nitrogens with one attached hydrogen (secondary N) is 3. The molecule has 0 heterocycles. The lowest BCUT2D eigenvalue weighted by atomic mass is 10.1. The second-order valence-electron chi connectivity index (χ2n) is 6.83. The predicted octanol–water partition coefficient (Wildman–Crippen LogP) is -3.52. The fourth-order valence-electron chi connectivity index (χ4n) is 2.29. The molecule has 0 saturated carbocycles. The molecule has 0 radical (unpaired) electrons.